The standard InChI is InChI=1S/C9H10F3N3O3/c1-17-8(16)5-2-6(18-9(10,11)12)4(3-13)7(14)15-5/h2H,3,13H2,1H3,(H2,14,15). The van der Waals surface area contributed by atoms with Crippen LogP contribution in [0.2, 0.25) is 0 Å². The van der Waals surface area contributed by atoms with Crippen molar-refractivity contribution in [2.24, 2.45) is 5.73 Å². The molecular formula is C9H10F3N3O3. The van der Waals surface area contributed by atoms with Gasteiger partial charge in [0.05, 0.1) is 12.7 Å². The molecule has 0 aliphatic carbocycles. The van der Waals surface area contributed by atoms with E-state index in [1.54, 1.807) is 0 Å². The maximum atomic E-state index is 12.2. The summed E-state index contributed by atoms with van der Waals surface area (Å²) in [6, 6.07) is 0.776. The van der Waals surface area contributed by atoms with Gasteiger partial charge >= 0.3 is 12.3 Å². The molecule has 1 heterocycles. The number of pyridine rings is 1. The fraction of sp³-hybridized carbons (Fsp3) is 0.333. The molecule has 4 N–H and O–H groups in total. The lowest BCUT2D eigenvalue weighted by atomic mass is 10.2. The number of nitrogens with two attached hydrogens (primary N) is 2. The van der Waals surface area contributed by atoms with E-state index < -0.39 is 23.8 Å². The van der Waals surface area contributed by atoms with E-state index in [0.717, 1.165) is 13.2 Å². The lowest BCUT2D eigenvalue weighted by molar-refractivity contribution is -0.274. The number of nitrogens with zero attached hydrogens (tertiary/aromatic N) is 1. The number of esters is 1. The molecule has 0 bridgehead atoms. The summed E-state index contributed by atoms with van der Waals surface area (Å²) in [7, 11) is 1.06. The van der Waals surface area contributed by atoms with Gasteiger partial charge in [0.25, 0.3) is 0 Å². The molecule has 0 aliphatic rings. The molecule has 0 saturated heterocycles. The zero-order valence-corrected chi connectivity index (χ0v) is 9.25. The first-order valence-electron chi connectivity index (χ1n) is 4.62. The minimum Gasteiger partial charge on any atom is -0.464 e. The van der Waals surface area contributed by atoms with Gasteiger partial charge in [-0.25, -0.2) is 9.78 Å². The first-order chi connectivity index (χ1) is 8.28. The number of nitrogen functional groups attached to an aromatic ring is 1. The normalized spacial score (nSPS) is 11.2. The fourth-order valence-electron chi connectivity index (χ4n) is 1.20. The molecule has 9 heteroatoms. The SMILES string of the molecule is COC(=O)c1cc(OC(F)(F)F)c(CN)c(N)n1. The maximum Gasteiger partial charge on any atom is 0.573 e. The molecule has 0 atom stereocenters. The summed E-state index contributed by atoms with van der Waals surface area (Å²) in [5.41, 5.74) is 10.1. The van der Waals surface area contributed by atoms with Gasteiger partial charge in [0.15, 0.2) is 5.69 Å². The highest BCUT2D eigenvalue weighted by Gasteiger charge is 2.33. The lowest BCUT2D eigenvalue weighted by Gasteiger charge is -2.14. The Morgan fingerprint density at radius 3 is 2.56 bits per heavy atom. The Hall–Kier alpha value is -2.03. The summed E-state index contributed by atoms with van der Waals surface area (Å²) in [5, 5.41) is 0. The summed E-state index contributed by atoms with van der Waals surface area (Å²) in [5.74, 6) is -1.92. The molecule has 0 amide bonds. The molecule has 0 spiro atoms. The molecule has 0 unspecified atom stereocenters. The summed E-state index contributed by atoms with van der Waals surface area (Å²) in [6.45, 7) is -0.314. The van der Waals surface area contributed by atoms with Crippen molar-refractivity contribution in [3.05, 3.63) is 17.3 Å². The van der Waals surface area contributed by atoms with Gasteiger partial charge in [-0.1, -0.05) is 0 Å². The fourth-order valence-corrected chi connectivity index (χ4v) is 1.20. The van der Waals surface area contributed by atoms with Gasteiger partial charge in [-0.3, -0.25) is 0 Å². The van der Waals surface area contributed by atoms with E-state index in [4.69, 9.17) is 11.5 Å². The number of ether oxygens (including phenoxy) is 2. The van der Waals surface area contributed by atoms with E-state index in [9.17, 15) is 18.0 Å². The number of anilines is 1. The number of carbonyl (C=O) groups is 1. The second-order valence-corrected chi connectivity index (χ2v) is 3.11. The van der Waals surface area contributed by atoms with Gasteiger partial charge in [0.1, 0.15) is 11.6 Å². The second-order valence-electron chi connectivity index (χ2n) is 3.11. The summed E-state index contributed by atoms with van der Waals surface area (Å²) in [6.07, 6.45) is -4.93. The number of rotatable bonds is 3. The number of methoxy groups -OCH3 is 1. The molecule has 0 fully saturated rings. The predicted octanol–water partition coefficient (Wildman–Crippen LogP) is 0.808. The van der Waals surface area contributed by atoms with Gasteiger partial charge in [-0.2, -0.15) is 0 Å². The van der Waals surface area contributed by atoms with Gasteiger partial charge < -0.3 is 20.9 Å². The zero-order chi connectivity index (χ0) is 13.9. The third-order valence-electron chi connectivity index (χ3n) is 1.94. The highest BCUT2D eigenvalue weighted by atomic mass is 19.4. The van der Waals surface area contributed by atoms with Gasteiger partial charge in [-0.15, -0.1) is 13.2 Å². The largest absolute Gasteiger partial charge is 0.573 e. The van der Waals surface area contributed by atoms with Gasteiger partial charge in [0, 0.05) is 12.6 Å². The van der Waals surface area contributed by atoms with Crippen molar-refractivity contribution in [1.29, 1.82) is 0 Å². The van der Waals surface area contributed by atoms with Crippen molar-refractivity contribution in [3.63, 3.8) is 0 Å². The average Bonchev–Trinajstić information content (AvgIpc) is 2.25. The minimum atomic E-state index is -4.93. The van der Waals surface area contributed by atoms with Crippen LogP contribution in [0.3, 0.4) is 0 Å². The Morgan fingerprint density at radius 1 is 1.50 bits per heavy atom. The van der Waals surface area contributed by atoms with Crippen LogP contribution in [0.4, 0.5) is 19.0 Å². The maximum absolute atomic E-state index is 12.2. The third kappa shape index (κ3) is 3.23. The predicted molar refractivity (Wildman–Crippen MR) is 54.6 cm³/mol. The Balaban J connectivity index is 3.28. The first kappa shape index (κ1) is 14.0. The quantitative estimate of drug-likeness (QED) is 0.784. The highest BCUT2D eigenvalue weighted by molar-refractivity contribution is 5.88. The summed E-state index contributed by atoms with van der Waals surface area (Å²) >= 11 is 0. The van der Waals surface area contributed by atoms with Crippen LogP contribution in [-0.2, 0) is 11.3 Å². The van der Waals surface area contributed by atoms with Crippen molar-refractivity contribution >= 4 is 11.8 Å². The third-order valence-corrected chi connectivity index (χ3v) is 1.94. The van der Waals surface area contributed by atoms with E-state index in [-0.39, 0.29) is 17.9 Å². The Labute approximate surface area is 99.7 Å². The van der Waals surface area contributed by atoms with Crippen molar-refractivity contribution in [2.75, 3.05) is 12.8 Å². The van der Waals surface area contributed by atoms with Crippen LogP contribution in [0.25, 0.3) is 0 Å². The lowest BCUT2D eigenvalue weighted by Crippen LogP contribution is -2.20. The van der Waals surface area contributed by atoms with Crippen LogP contribution in [0, 0.1) is 0 Å². The van der Waals surface area contributed by atoms with Crippen molar-refractivity contribution < 1.29 is 27.4 Å². The molecule has 18 heavy (non-hydrogen) atoms. The highest BCUT2D eigenvalue weighted by Crippen LogP contribution is 2.29. The van der Waals surface area contributed by atoms with Crippen molar-refractivity contribution in [3.8, 4) is 5.75 Å². The number of carbonyl (C=O) groups excluding carboxylic acids is 1. The molecule has 1 aromatic heterocycles. The molecule has 0 saturated carbocycles. The molecule has 0 radical (unpaired) electrons. The number of hydrogen-bond acceptors (Lipinski definition) is 6. The minimum absolute atomic E-state index is 0.139. The molecule has 1 aromatic rings. The smallest absolute Gasteiger partial charge is 0.464 e. The van der Waals surface area contributed by atoms with Crippen LogP contribution < -0.4 is 16.2 Å². The van der Waals surface area contributed by atoms with E-state index in [1.807, 2.05) is 0 Å². The van der Waals surface area contributed by atoms with Crippen LogP contribution in [0.15, 0.2) is 6.07 Å². The number of hydrogen-bond donors (Lipinski definition) is 2. The van der Waals surface area contributed by atoms with Crippen LogP contribution in [0.1, 0.15) is 16.1 Å². The van der Waals surface area contributed by atoms with E-state index in [2.05, 4.69) is 14.5 Å². The molecular weight excluding hydrogens is 255 g/mol. The Morgan fingerprint density at radius 2 is 2.11 bits per heavy atom. The molecule has 100 valence electrons. The Bertz CT molecular complexity index is 462. The van der Waals surface area contributed by atoms with E-state index >= 15 is 0 Å². The molecule has 0 aliphatic heterocycles. The topological polar surface area (TPSA) is 100 Å². The van der Waals surface area contributed by atoms with E-state index in [1.165, 1.54) is 0 Å². The average molecular weight is 265 g/mol. The van der Waals surface area contributed by atoms with Crippen LogP contribution in [-0.4, -0.2) is 24.4 Å². The number of halogens is 3. The molecule has 0 aromatic carbocycles. The van der Waals surface area contributed by atoms with Crippen molar-refractivity contribution in [1.82, 2.24) is 4.98 Å². The number of alkyl halides is 3. The Kier molecular flexibility index (Phi) is 3.96. The summed E-state index contributed by atoms with van der Waals surface area (Å²) in [4.78, 5) is 14.8. The zero-order valence-electron chi connectivity index (χ0n) is 9.25. The molecule has 1 rings (SSSR count). The van der Waals surface area contributed by atoms with E-state index in [0.29, 0.717) is 0 Å². The van der Waals surface area contributed by atoms with Gasteiger partial charge in [-0.05, 0) is 0 Å². The van der Waals surface area contributed by atoms with Crippen molar-refractivity contribution in [2.45, 2.75) is 12.9 Å². The second kappa shape index (κ2) is 5.08. The monoisotopic (exact) mass is 265 g/mol. The first-order valence-corrected chi connectivity index (χ1v) is 4.62. The van der Waals surface area contributed by atoms with Crippen LogP contribution >= 0.6 is 0 Å². The van der Waals surface area contributed by atoms with Crippen LogP contribution in [0.5, 0.6) is 5.75 Å². The summed E-state index contributed by atoms with van der Waals surface area (Å²) < 4.78 is 44.5. The van der Waals surface area contributed by atoms with Gasteiger partial charge in [0.2, 0.25) is 0 Å². The molecule has 6 nitrogen and oxygen atoms in total. The number of aromatic nitrogens is 1.